The van der Waals surface area contributed by atoms with Gasteiger partial charge in [0.15, 0.2) is 0 Å². The largest absolute Gasteiger partial charge is 0.396 e. The van der Waals surface area contributed by atoms with Crippen LogP contribution in [0.5, 0.6) is 0 Å². The SMILES string of the molecule is CN1CCC(CCNCCCCCCO)CC1. The summed E-state index contributed by atoms with van der Waals surface area (Å²) < 4.78 is 0. The Balaban J connectivity index is 1.81. The van der Waals surface area contributed by atoms with Gasteiger partial charge >= 0.3 is 0 Å². The molecule has 0 aromatic heterocycles. The van der Waals surface area contributed by atoms with Gasteiger partial charge in [-0.1, -0.05) is 12.8 Å². The molecule has 0 saturated carbocycles. The number of aliphatic hydroxyl groups excluding tert-OH is 1. The molecule has 0 aliphatic carbocycles. The highest BCUT2D eigenvalue weighted by atomic mass is 16.2. The molecule has 0 aromatic rings. The van der Waals surface area contributed by atoms with Crippen molar-refractivity contribution in [2.45, 2.75) is 44.9 Å². The van der Waals surface area contributed by atoms with Crippen LogP contribution in [0.2, 0.25) is 0 Å². The maximum Gasteiger partial charge on any atom is 0.0431 e. The van der Waals surface area contributed by atoms with Crippen molar-refractivity contribution in [3.05, 3.63) is 0 Å². The first kappa shape index (κ1) is 14.9. The summed E-state index contributed by atoms with van der Waals surface area (Å²) in [5.74, 6) is 0.952. The summed E-state index contributed by atoms with van der Waals surface area (Å²) >= 11 is 0. The zero-order valence-electron chi connectivity index (χ0n) is 11.5. The highest BCUT2D eigenvalue weighted by molar-refractivity contribution is 4.70. The lowest BCUT2D eigenvalue weighted by atomic mass is 9.94. The maximum atomic E-state index is 8.65. The predicted octanol–water partition coefficient (Wildman–Crippen LogP) is 1.86. The van der Waals surface area contributed by atoms with E-state index in [-0.39, 0.29) is 0 Å². The summed E-state index contributed by atoms with van der Waals surface area (Å²) in [5.41, 5.74) is 0. The third kappa shape index (κ3) is 7.74. The zero-order chi connectivity index (χ0) is 12.3. The van der Waals surface area contributed by atoms with Crippen LogP contribution < -0.4 is 5.32 Å². The molecule has 1 rings (SSSR count). The van der Waals surface area contributed by atoms with E-state index in [0.29, 0.717) is 6.61 Å². The van der Waals surface area contributed by atoms with Crippen LogP contribution in [0.15, 0.2) is 0 Å². The molecule has 1 fully saturated rings. The molecule has 2 N–H and O–H groups in total. The molecule has 0 amide bonds. The summed E-state index contributed by atoms with van der Waals surface area (Å²) in [7, 11) is 2.22. The third-order valence-corrected chi connectivity index (χ3v) is 3.83. The lowest BCUT2D eigenvalue weighted by Crippen LogP contribution is -2.31. The van der Waals surface area contributed by atoms with E-state index in [1.54, 1.807) is 0 Å². The van der Waals surface area contributed by atoms with Gasteiger partial charge in [0.25, 0.3) is 0 Å². The molecule has 0 atom stereocenters. The predicted molar refractivity (Wildman–Crippen MR) is 73.3 cm³/mol. The Hall–Kier alpha value is -0.120. The quantitative estimate of drug-likeness (QED) is 0.606. The van der Waals surface area contributed by atoms with E-state index in [2.05, 4.69) is 17.3 Å². The molecule has 0 unspecified atom stereocenters. The average molecular weight is 242 g/mol. The van der Waals surface area contributed by atoms with E-state index in [0.717, 1.165) is 18.9 Å². The van der Waals surface area contributed by atoms with Crippen LogP contribution in [-0.2, 0) is 0 Å². The Morgan fingerprint density at radius 2 is 1.76 bits per heavy atom. The summed E-state index contributed by atoms with van der Waals surface area (Å²) in [6, 6.07) is 0. The van der Waals surface area contributed by atoms with E-state index in [1.807, 2.05) is 0 Å². The molecular formula is C14H30N2O. The van der Waals surface area contributed by atoms with Crippen molar-refractivity contribution in [2.75, 3.05) is 39.8 Å². The second-order valence-electron chi connectivity index (χ2n) is 5.42. The van der Waals surface area contributed by atoms with Gasteiger partial charge in [-0.3, -0.25) is 0 Å². The number of nitrogens with one attached hydrogen (secondary N) is 1. The van der Waals surface area contributed by atoms with Crippen LogP contribution in [0.3, 0.4) is 0 Å². The Kier molecular flexibility index (Phi) is 8.67. The van der Waals surface area contributed by atoms with Gasteiger partial charge in [0.1, 0.15) is 0 Å². The van der Waals surface area contributed by atoms with Gasteiger partial charge < -0.3 is 15.3 Å². The standard InChI is InChI=1S/C14H30N2O/c1-16-11-7-14(8-12-16)6-10-15-9-4-2-3-5-13-17/h14-15,17H,2-13H2,1H3. The number of hydrogen-bond acceptors (Lipinski definition) is 3. The molecule has 1 aliphatic heterocycles. The second kappa shape index (κ2) is 9.86. The van der Waals surface area contributed by atoms with Crippen molar-refractivity contribution in [3.63, 3.8) is 0 Å². The Labute approximate surface area is 107 Å². The number of unbranched alkanes of at least 4 members (excludes halogenated alkanes) is 3. The average Bonchev–Trinajstić information content (AvgIpc) is 2.35. The summed E-state index contributed by atoms with van der Waals surface area (Å²) in [4.78, 5) is 2.44. The van der Waals surface area contributed by atoms with E-state index in [1.165, 1.54) is 58.2 Å². The van der Waals surface area contributed by atoms with Crippen molar-refractivity contribution >= 4 is 0 Å². The Morgan fingerprint density at radius 3 is 2.47 bits per heavy atom. The minimum atomic E-state index is 0.351. The van der Waals surface area contributed by atoms with Gasteiger partial charge in [-0.25, -0.2) is 0 Å². The minimum absolute atomic E-state index is 0.351. The Bertz CT molecular complexity index is 168. The zero-order valence-corrected chi connectivity index (χ0v) is 11.5. The van der Waals surface area contributed by atoms with Gasteiger partial charge in [0.05, 0.1) is 0 Å². The van der Waals surface area contributed by atoms with Crippen molar-refractivity contribution < 1.29 is 5.11 Å². The fraction of sp³-hybridized carbons (Fsp3) is 1.00. The second-order valence-corrected chi connectivity index (χ2v) is 5.42. The van der Waals surface area contributed by atoms with Crippen LogP contribution in [0.1, 0.15) is 44.9 Å². The highest BCUT2D eigenvalue weighted by Crippen LogP contribution is 2.18. The number of hydrogen-bond donors (Lipinski definition) is 2. The summed E-state index contributed by atoms with van der Waals surface area (Å²) in [6.07, 6.45) is 8.77. The number of aliphatic hydroxyl groups is 1. The number of rotatable bonds is 9. The minimum Gasteiger partial charge on any atom is -0.396 e. The van der Waals surface area contributed by atoms with Crippen LogP contribution in [0, 0.1) is 5.92 Å². The molecule has 3 nitrogen and oxygen atoms in total. The van der Waals surface area contributed by atoms with Gasteiger partial charge in [-0.05, 0) is 71.2 Å². The molecule has 1 heterocycles. The smallest absolute Gasteiger partial charge is 0.0431 e. The van der Waals surface area contributed by atoms with E-state index < -0.39 is 0 Å². The third-order valence-electron chi connectivity index (χ3n) is 3.83. The first-order chi connectivity index (χ1) is 8.33. The van der Waals surface area contributed by atoms with Gasteiger partial charge in [0, 0.05) is 6.61 Å². The van der Waals surface area contributed by atoms with Crippen molar-refractivity contribution in [1.82, 2.24) is 10.2 Å². The fourth-order valence-corrected chi connectivity index (χ4v) is 2.50. The molecule has 102 valence electrons. The maximum absolute atomic E-state index is 8.65. The molecule has 1 saturated heterocycles. The monoisotopic (exact) mass is 242 g/mol. The molecule has 0 aromatic carbocycles. The van der Waals surface area contributed by atoms with Crippen molar-refractivity contribution in [1.29, 1.82) is 0 Å². The van der Waals surface area contributed by atoms with Gasteiger partial charge in [-0.15, -0.1) is 0 Å². The molecule has 0 bridgehead atoms. The number of piperidine rings is 1. The Morgan fingerprint density at radius 1 is 1.06 bits per heavy atom. The van der Waals surface area contributed by atoms with E-state index in [4.69, 9.17) is 5.11 Å². The van der Waals surface area contributed by atoms with Crippen molar-refractivity contribution in [2.24, 2.45) is 5.92 Å². The van der Waals surface area contributed by atoms with Gasteiger partial charge in [-0.2, -0.15) is 0 Å². The first-order valence-electron chi connectivity index (χ1n) is 7.33. The molecule has 3 heteroatoms. The topological polar surface area (TPSA) is 35.5 Å². The molecular weight excluding hydrogens is 212 g/mol. The molecule has 17 heavy (non-hydrogen) atoms. The molecule has 0 radical (unpaired) electrons. The van der Waals surface area contributed by atoms with E-state index in [9.17, 15) is 0 Å². The number of nitrogens with zero attached hydrogens (tertiary/aromatic N) is 1. The lowest BCUT2D eigenvalue weighted by molar-refractivity contribution is 0.211. The molecule has 1 aliphatic rings. The van der Waals surface area contributed by atoms with E-state index >= 15 is 0 Å². The van der Waals surface area contributed by atoms with Crippen LogP contribution >= 0.6 is 0 Å². The van der Waals surface area contributed by atoms with Gasteiger partial charge in [0.2, 0.25) is 0 Å². The number of likely N-dealkylation sites (tertiary alicyclic amines) is 1. The normalized spacial score (nSPS) is 18.7. The summed E-state index contributed by atoms with van der Waals surface area (Å²) in [6.45, 7) is 5.26. The van der Waals surface area contributed by atoms with Crippen LogP contribution in [0.4, 0.5) is 0 Å². The van der Waals surface area contributed by atoms with Crippen LogP contribution in [0.25, 0.3) is 0 Å². The lowest BCUT2D eigenvalue weighted by Gasteiger charge is -2.28. The highest BCUT2D eigenvalue weighted by Gasteiger charge is 2.15. The summed E-state index contributed by atoms with van der Waals surface area (Å²) in [5, 5.41) is 12.2. The van der Waals surface area contributed by atoms with Crippen molar-refractivity contribution in [3.8, 4) is 0 Å². The molecule has 0 spiro atoms. The van der Waals surface area contributed by atoms with Crippen LogP contribution in [-0.4, -0.2) is 49.8 Å². The first-order valence-corrected chi connectivity index (χ1v) is 7.33. The fourth-order valence-electron chi connectivity index (χ4n) is 2.50.